The second-order valence-corrected chi connectivity index (χ2v) is 6.57. The summed E-state index contributed by atoms with van der Waals surface area (Å²) in [5.74, 6) is 0.104. The Hall–Kier alpha value is -1.16. The van der Waals surface area contributed by atoms with Crippen LogP contribution in [-0.2, 0) is 19.4 Å². The third kappa shape index (κ3) is 3.37. The molecule has 2 aromatic rings. The van der Waals surface area contributed by atoms with E-state index in [1.165, 1.54) is 11.1 Å². The summed E-state index contributed by atoms with van der Waals surface area (Å²) < 4.78 is 0.920. The van der Waals surface area contributed by atoms with Gasteiger partial charge in [-0.1, -0.05) is 45.7 Å². The van der Waals surface area contributed by atoms with Gasteiger partial charge in [-0.3, -0.25) is 4.79 Å². The summed E-state index contributed by atoms with van der Waals surface area (Å²) in [7, 11) is 0. The minimum absolute atomic E-state index is 0.104. The first-order valence-corrected chi connectivity index (χ1v) is 8.10. The van der Waals surface area contributed by atoms with Crippen molar-refractivity contribution in [1.82, 2.24) is 5.32 Å². The van der Waals surface area contributed by atoms with Crippen LogP contribution >= 0.6 is 27.5 Å². The predicted molar refractivity (Wildman–Crippen MR) is 89.0 cm³/mol. The summed E-state index contributed by atoms with van der Waals surface area (Å²) in [6.45, 7) is 1.85. The quantitative estimate of drug-likeness (QED) is 0.828. The Balaban J connectivity index is 1.82. The fourth-order valence-electron chi connectivity index (χ4n) is 2.59. The van der Waals surface area contributed by atoms with Crippen molar-refractivity contribution in [2.75, 3.05) is 6.54 Å². The molecule has 3 rings (SSSR count). The lowest BCUT2D eigenvalue weighted by molar-refractivity contribution is 0.0993. The van der Waals surface area contributed by atoms with Crippen molar-refractivity contribution in [2.24, 2.45) is 0 Å². The highest BCUT2D eigenvalue weighted by atomic mass is 79.9. The van der Waals surface area contributed by atoms with Crippen LogP contribution in [-0.4, -0.2) is 12.3 Å². The fourth-order valence-corrected chi connectivity index (χ4v) is 3.33. The van der Waals surface area contributed by atoms with E-state index in [4.69, 9.17) is 11.6 Å². The maximum atomic E-state index is 12.4. The van der Waals surface area contributed by atoms with Crippen molar-refractivity contribution in [2.45, 2.75) is 19.4 Å². The second-order valence-electron chi connectivity index (χ2n) is 5.25. The van der Waals surface area contributed by atoms with E-state index in [1.807, 2.05) is 30.3 Å². The number of benzene rings is 2. The first-order valence-electron chi connectivity index (χ1n) is 6.93. The molecule has 2 aromatic carbocycles. The van der Waals surface area contributed by atoms with Crippen LogP contribution < -0.4 is 5.32 Å². The zero-order valence-electron chi connectivity index (χ0n) is 11.5. The number of hydrogen-bond donors (Lipinski definition) is 1. The molecule has 0 aromatic heterocycles. The SMILES string of the molecule is O=C(Cc1ccc(Br)cc1Cl)c1ccc2c(c1)CNCC2. The highest BCUT2D eigenvalue weighted by Gasteiger charge is 2.14. The van der Waals surface area contributed by atoms with E-state index in [0.29, 0.717) is 11.4 Å². The van der Waals surface area contributed by atoms with Crippen molar-refractivity contribution in [3.05, 3.63) is 68.1 Å². The van der Waals surface area contributed by atoms with Gasteiger partial charge in [0.2, 0.25) is 0 Å². The number of Topliss-reactive ketones (excluding diaryl/α,β-unsaturated/α-hetero) is 1. The smallest absolute Gasteiger partial charge is 0.167 e. The molecular weight excluding hydrogens is 350 g/mol. The third-order valence-electron chi connectivity index (χ3n) is 3.78. The van der Waals surface area contributed by atoms with Gasteiger partial charge < -0.3 is 5.32 Å². The molecule has 1 heterocycles. The van der Waals surface area contributed by atoms with Gasteiger partial charge in [0.25, 0.3) is 0 Å². The van der Waals surface area contributed by atoms with Crippen LogP contribution in [0.4, 0.5) is 0 Å². The van der Waals surface area contributed by atoms with Crippen LogP contribution in [0.3, 0.4) is 0 Å². The van der Waals surface area contributed by atoms with Crippen molar-refractivity contribution < 1.29 is 4.79 Å². The fraction of sp³-hybridized carbons (Fsp3) is 0.235. The van der Waals surface area contributed by atoms with Gasteiger partial charge in [-0.05, 0) is 47.9 Å². The van der Waals surface area contributed by atoms with Crippen LogP contribution in [0, 0.1) is 0 Å². The molecule has 108 valence electrons. The zero-order valence-corrected chi connectivity index (χ0v) is 13.8. The molecule has 0 spiro atoms. The highest BCUT2D eigenvalue weighted by Crippen LogP contribution is 2.23. The molecule has 0 fully saturated rings. The molecule has 4 heteroatoms. The molecule has 1 aliphatic rings. The topological polar surface area (TPSA) is 29.1 Å². The average Bonchev–Trinajstić information content (AvgIpc) is 2.49. The summed E-state index contributed by atoms with van der Waals surface area (Å²) >= 11 is 9.56. The average molecular weight is 365 g/mol. The molecule has 0 radical (unpaired) electrons. The monoisotopic (exact) mass is 363 g/mol. The van der Waals surface area contributed by atoms with Crippen molar-refractivity contribution in [3.8, 4) is 0 Å². The molecule has 1 aliphatic heterocycles. The van der Waals surface area contributed by atoms with Crippen LogP contribution in [0.1, 0.15) is 27.0 Å². The van der Waals surface area contributed by atoms with E-state index in [0.717, 1.165) is 35.1 Å². The molecule has 2 nitrogen and oxygen atoms in total. The summed E-state index contributed by atoms with van der Waals surface area (Å²) in [6.07, 6.45) is 1.36. The van der Waals surface area contributed by atoms with Crippen LogP contribution in [0.2, 0.25) is 5.02 Å². The van der Waals surface area contributed by atoms with Gasteiger partial charge >= 0.3 is 0 Å². The molecular formula is C17H15BrClNO. The summed E-state index contributed by atoms with van der Waals surface area (Å²) in [5, 5.41) is 3.96. The summed E-state index contributed by atoms with van der Waals surface area (Å²) in [6, 6.07) is 11.6. The van der Waals surface area contributed by atoms with Crippen molar-refractivity contribution in [3.63, 3.8) is 0 Å². The van der Waals surface area contributed by atoms with Crippen LogP contribution in [0.5, 0.6) is 0 Å². The highest BCUT2D eigenvalue weighted by molar-refractivity contribution is 9.10. The lowest BCUT2D eigenvalue weighted by atomic mass is 9.95. The first kappa shape index (κ1) is 14.8. The number of carbonyl (C=O) groups is 1. The van der Waals surface area contributed by atoms with E-state index in [2.05, 4.69) is 27.3 Å². The van der Waals surface area contributed by atoms with Gasteiger partial charge in [-0.15, -0.1) is 0 Å². The molecule has 0 saturated carbocycles. The lowest BCUT2D eigenvalue weighted by Gasteiger charge is -2.17. The maximum absolute atomic E-state index is 12.4. The molecule has 0 unspecified atom stereocenters. The number of ketones is 1. The Kier molecular flexibility index (Phi) is 4.43. The number of fused-ring (bicyclic) bond motifs is 1. The predicted octanol–water partition coefficient (Wildman–Crippen LogP) is 4.17. The van der Waals surface area contributed by atoms with E-state index < -0.39 is 0 Å². The largest absolute Gasteiger partial charge is 0.312 e. The van der Waals surface area contributed by atoms with Gasteiger partial charge in [0.15, 0.2) is 5.78 Å². The van der Waals surface area contributed by atoms with Gasteiger partial charge in [0, 0.05) is 28.0 Å². The molecule has 1 N–H and O–H groups in total. The Morgan fingerprint density at radius 3 is 2.86 bits per heavy atom. The molecule has 0 saturated heterocycles. The number of hydrogen-bond acceptors (Lipinski definition) is 2. The van der Waals surface area contributed by atoms with E-state index in [9.17, 15) is 4.79 Å². The van der Waals surface area contributed by atoms with E-state index in [1.54, 1.807) is 0 Å². The first-order chi connectivity index (χ1) is 10.1. The number of halogens is 2. The Morgan fingerprint density at radius 2 is 2.05 bits per heavy atom. The van der Waals surface area contributed by atoms with Gasteiger partial charge in [-0.25, -0.2) is 0 Å². The summed E-state index contributed by atoms with van der Waals surface area (Å²) in [5.41, 5.74) is 4.19. The Morgan fingerprint density at radius 1 is 1.19 bits per heavy atom. The lowest BCUT2D eigenvalue weighted by Crippen LogP contribution is -2.23. The normalized spacial score (nSPS) is 13.8. The molecule has 0 aliphatic carbocycles. The van der Waals surface area contributed by atoms with E-state index in [-0.39, 0.29) is 5.78 Å². The third-order valence-corrected chi connectivity index (χ3v) is 4.63. The van der Waals surface area contributed by atoms with E-state index >= 15 is 0 Å². The number of rotatable bonds is 3. The van der Waals surface area contributed by atoms with Crippen molar-refractivity contribution >= 4 is 33.3 Å². The molecule has 0 atom stereocenters. The minimum atomic E-state index is 0.104. The van der Waals surface area contributed by atoms with Gasteiger partial charge in [0.1, 0.15) is 0 Å². The number of carbonyl (C=O) groups excluding carboxylic acids is 1. The maximum Gasteiger partial charge on any atom is 0.167 e. The molecule has 21 heavy (non-hydrogen) atoms. The second kappa shape index (κ2) is 6.30. The Bertz CT molecular complexity index is 699. The Labute approximate surface area is 137 Å². The van der Waals surface area contributed by atoms with Crippen molar-refractivity contribution in [1.29, 1.82) is 0 Å². The van der Waals surface area contributed by atoms with Gasteiger partial charge in [-0.2, -0.15) is 0 Å². The van der Waals surface area contributed by atoms with Crippen LogP contribution in [0.25, 0.3) is 0 Å². The standard InChI is InChI=1S/C17H15BrClNO/c18-15-4-3-12(16(19)9-15)8-17(21)13-2-1-11-5-6-20-10-14(11)7-13/h1-4,7,9,20H,5-6,8,10H2. The zero-order chi connectivity index (χ0) is 14.8. The number of nitrogens with one attached hydrogen (secondary N) is 1. The minimum Gasteiger partial charge on any atom is -0.312 e. The molecule has 0 bridgehead atoms. The van der Waals surface area contributed by atoms with Gasteiger partial charge in [0.05, 0.1) is 0 Å². The summed E-state index contributed by atoms with van der Waals surface area (Å²) in [4.78, 5) is 12.4. The molecule has 0 amide bonds. The van der Waals surface area contributed by atoms with Crippen LogP contribution in [0.15, 0.2) is 40.9 Å².